The summed E-state index contributed by atoms with van der Waals surface area (Å²) >= 11 is 1.07. The number of hydrogen-bond acceptors (Lipinski definition) is 6. The van der Waals surface area contributed by atoms with Crippen LogP contribution in [0.4, 0.5) is 0 Å². The number of carbonyl (C=O) groups excluding carboxylic acids is 1. The fourth-order valence-electron chi connectivity index (χ4n) is 1.80. The molecule has 2 rings (SSSR count). The van der Waals surface area contributed by atoms with E-state index < -0.39 is 11.2 Å². The van der Waals surface area contributed by atoms with Crippen molar-refractivity contribution in [3.8, 4) is 5.75 Å². The van der Waals surface area contributed by atoms with Gasteiger partial charge in [0.05, 0.1) is 18.7 Å². The number of carboxylic acid groups (broad SMARTS) is 1. The Labute approximate surface area is 137 Å². The van der Waals surface area contributed by atoms with Gasteiger partial charge < -0.3 is 15.2 Å². The van der Waals surface area contributed by atoms with E-state index in [0.29, 0.717) is 5.17 Å². The van der Waals surface area contributed by atoms with Gasteiger partial charge in [0.1, 0.15) is 11.0 Å². The summed E-state index contributed by atoms with van der Waals surface area (Å²) in [4.78, 5) is 22.2. The third kappa shape index (κ3) is 5.41. The first-order chi connectivity index (χ1) is 10.9. The molecule has 0 aliphatic carbocycles. The van der Waals surface area contributed by atoms with Crippen LogP contribution in [0.1, 0.15) is 25.8 Å². The fourth-order valence-corrected chi connectivity index (χ4v) is 2.71. The van der Waals surface area contributed by atoms with Crippen molar-refractivity contribution in [2.24, 2.45) is 10.2 Å². The maximum Gasteiger partial charge on any atom is 0.305 e. The van der Waals surface area contributed by atoms with Crippen LogP contribution in [0.25, 0.3) is 0 Å². The highest BCUT2D eigenvalue weighted by molar-refractivity contribution is 8.15. The Balaban J connectivity index is 1.93. The van der Waals surface area contributed by atoms with Crippen molar-refractivity contribution >= 4 is 35.0 Å². The predicted octanol–water partition coefficient (Wildman–Crippen LogP) is 1.87. The third-order valence-corrected chi connectivity index (χ3v) is 3.82. The van der Waals surface area contributed by atoms with Crippen LogP contribution in [0.3, 0.4) is 0 Å². The average molecular weight is 335 g/mol. The summed E-state index contributed by atoms with van der Waals surface area (Å²) in [6.45, 7) is 3.91. The molecule has 2 N–H and O–H groups in total. The number of benzene rings is 1. The number of nitrogens with zero attached hydrogens (tertiary/aromatic N) is 2. The van der Waals surface area contributed by atoms with Crippen molar-refractivity contribution in [1.29, 1.82) is 0 Å². The van der Waals surface area contributed by atoms with E-state index in [9.17, 15) is 9.59 Å². The number of aliphatic carboxylic acids is 1. The van der Waals surface area contributed by atoms with Crippen LogP contribution in [0, 0.1) is 0 Å². The molecular weight excluding hydrogens is 318 g/mol. The first-order valence-corrected chi connectivity index (χ1v) is 7.89. The lowest BCUT2D eigenvalue weighted by Crippen LogP contribution is -2.26. The third-order valence-electron chi connectivity index (χ3n) is 2.74. The number of nitrogens with one attached hydrogen (secondary N) is 1. The summed E-state index contributed by atoms with van der Waals surface area (Å²) in [5.74, 6) is -0.605. The van der Waals surface area contributed by atoms with E-state index in [1.165, 1.54) is 0 Å². The number of carboxylic acids is 1. The summed E-state index contributed by atoms with van der Waals surface area (Å²) in [5, 5.41) is 18.6. The highest BCUT2D eigenvalue weighted by atomic mass is 32.2. The molecule has 7 nitrogen and oxygen atoms in total. The normalized spacial score (nSPS) is 19.5. The van der Waals surface area contributed by atoms with Crippen LogP contribution in [0.5, 0.6) is 5.75 Å². The molecule has 1 aromatic carbocycles. The first kappa shape index (κ1) is 17.0. The quantitative estimate of drug-likeness (QED) is 0.610. The van der Waals surface area contributed by atoms with E-state index in [0.717, 1.165) is 23.1 Å². The zero-order valence-corrected chi connectivity index (χ0v) is 13.5. The molecule has 1 saturated heterocycles. The van der Waals surface area contributed by atoms with E-state index in [4.69, 9.17) is 9.84 Å². The Morgan fingerprint density at radius 1 is 1.43 bits per heavy atom. The van der Waals surface area contributed by atoms with Gasteiger partial charge in [0, 0.05) is 0 Å². The second-order valence-corrected chi connectivity index (χ2v) is 6.27. The highest BCUT2D eigenvalue weighted by Crippen LogP contribution is 2.22. The summed E-state index contributed by atoms with van der Waals surface area (Å²) in [5.41, 5.74) is 0.835. The van der Waals surface area contributed by atoms with Gasteiger partial charge in [0.25, 0.3) is 0 Å². The van der Waals surface area contributed by atoms with Crippen LogP contribution >= 0.6 is 11.8 Å². The molecule has 1 fully saturated rings. The molecule has 1 heterocycles. The van der Waals surface area contributed by atoms with Gasteiger partial charge in [-0.1, -0.05) is 11.8 Å². The van der Waals surface area contributed by atoms with Crippen molar-refractivity contribution in [2.45, 2.75) is 31.6 Å². The zero-order chi connectivity index (χ0) is 16.8. The SMILES string of the molecule is CC(C)Oc1ccc(C=NN=C2NC(=O)[C@@H](CC(=O)O)S2)cc1. The molecule has 0 aromatic heterocycles. The molecule has 0 bridgehead atoms. The van der Waals surface area contributed by atoms with Crippen LogP contribution in [0.15, 0.2) is 34.5 Å². The number of amidine groups is 1. The Morgan fingerprint density at radius 2 is 2.13 bits per heavy atom. The van der Waals surface area contributed by atoms with Crippen molar-refractivity contribution in [3.05, 3.63) is 29.8 Å². The van der Waals surface area contributed by atoms with E-state index >= 15 is 0 Å². The largest absolute Gasteiger partial charge is 0.491 e. The molecule has 8 heteroatoms. The maximum absolute atomic E-state index is 11.5. The number of thioether (sulfide) groups is 1. The van der Waals surface area contributed by atoms with E-state index in [-0.39, 0.29) is 18.4 Å². The topological polar surface area (TPSA) is 100 Å². The molecule has 0 saturated carbocycles. The Kier molecular flexibility index (Phi) is 5.75. The van der Waals surface area contributed by atoms with Gasteiger partial charge in [-0.3, -0.25) is 9.59 Å². The van der Waals surface area contributed by atoms with E-state index in [2.05, 4.69) is 15.5 Å². The van der Waals surface area contributed by atoms with Crippen molar-refractivity contribution in [3.63, 3.8) is 0 Å². The molecular formula is C15H17N3O4S. The number of rotatable bonds is 6. The fraction of sp³-hybridized carbons (Fsp3) is 0.333. The van der Waals surface area contributed by atoms with Crippen LogP contribution < -0.4 is 10.1 Å². The first-order valence-electron chi connectivity index (χ1n) is 7.01. The van der Waals surface area contributed by atoms with Crippen LogP contribution in [0.2, 0.25) is 0 Å². The van der Waals surface area contributed by atoms with Gasteiger partial charge in [-0.25, -0.2) is 0 Å². The standard InChI is InChI=1S/C15H17N3O4S/c1-9(2)22-11-5-3-10(4-6-11)8-16-18-15-17-14(21)12(23-15)7-13(19)20/h3-6,8-9,12H,7H2,1-2H3,(H,19,20)(H,17,18,21)/t12-/m1/s1. The van der Waals surface area contributed by atoms with Gasteiger partial charge >= 0.3 is 5.97 Å². The zero-order valence-electron chi connectivity index (χ0n) is 12.7. The molecule has 0 radical (unpaired) electrons. The molecule has 1 atom stereocenters. The van der Waals surface area contributed by atoms with E-state index in [1.807, 2.05) is 38.1 Å². The lowest BCUT2D eigenvalue weighted by molar-refractivity contribution is -0.138. The van der Waals surface area contributed by atoms with Gasteiger partial charge in [-0.2, -0.15) is 5.10 Å². The van der Waals surface area contributed by atoms with Crippen molar-refractivity contribution in [2.75, 3.05) is 0 Å². The van der Waals surface area contributed by atoms with Gasteiger partial charge in [0.15, 0.2) is 5.17 Å². The lowest BCUT2D eigenvalue weighted by atomic mass is 10.2. The van der Waals surface area contributed by atoms with Gasteiger partial charge in [-0.05, 0) is 43.7 Å². The van der Waals surface area contributed by atoms with Gasteiger partial charge in [-0.15, -0.1) is 5.10 Å². The van der Waals surface area contributed by atoms with Crippen molar-refractivity contribution in [1.82, 2.24) is 5.32 Å². The number of amides is 1. The molecule has 1 aliphatic rings. The number of hydrogen-bond donors (Lipinski definition) is 2. The number of ether oxygens (including phenoxy) is 1. The minimum Gasteiger partial charge on any atom is -0.491 e. The summed E-state index contributed by atoms with van der Waals surface area (Å²) in [6.07, 6.45) is 1.42. The van der Waals surface area contributed by atoms with E-state index in [1.54, 1.807) is 6.21 Å². The minimum atomic E-state index is -1.02. The molecule has 1 aliphatic heterocycles. The summed E-state index contributed by atoms with van der Waals surface area (Å²) in [6, 6.07) is 7.36. The molecule has 1 aromatic rings. The summed E-state index contributed by atoms with van der Waals surface area (Å²) in [7, 11) is 0. The smallest absolute Gasteiger partial charge is 0.305 e. The molecule has 0 unspecified atom stereocenters. The lowest BCUT2D eigenvalue weighted by Gasteiger charge is -2.08. The second kappa shape index (κ2) is 7.77. The Hall–Kier alpha value is -2.35. The monoisotopic (exact) mass is 335 g/mol. The van der Waals surface area contributed by atoms with Crippen LogP contribution in [-0.4, -0.2) is 39.7 Å². The number of carbonyl (C=O) groups is 2. The van der Waals surface area contributed by atoms with Crippen molar-refractivity contribution < 1.29 is 19.4 Å². The minimum absolute atomic E-state index is 0.114. The predicted molar refractivity (Wildman–Crippen MR) is 89.0 cm³/mol. The summed E-state index contributed by atoms with van der Waals surface area (Å²) < 4.78 is 5.54. The van der Waals surface area contributed by atoms with Gasteiger partial charge in [0.2, 0.25) is 5.91 Å². The molecule has 23 heavy (non-hydrogen) atoms. The molecule has 122 valence electrons. The average Bonchev–Trinajstić information content (AvgIpc) is 2.80. The Morgan fingerprint density at radius 3 is 2.74 bits per heavy atom. The Bertz CT molecular complexity index is 641. The molecule has 0 spiro atoms. The molecule has 1 amide bonds. The second-order valence-electron chi connectivity index (χ2n) is 5.08. The van der Waals surface area contributed by atoms with Crippen LogP contribution in [-0.2, 0) is 9.59 Å². The maximum atomic E-state index is 11.5. The highest BCUT2D eigenvalue weighted by Gasteiger charge is 2.32.